The Morgan fingerprint density at radius 2 is 1.47 bits per heavy atom. The summed E-state index contributed by atoms with van der Waals surface area (Å²) in [5.41, 5.74) is -1.51. The third kappa shape index (κ3) is 4.48. The number of hydrogen-bond donors (Lipinski definition) is 0. The molecule has 108 valence electrons. The first-order valence-electron chi connectivity index (χ1n) is 5.74. The van der Waals surface area contributed by atoms with Gasteiger partial charge in [0.1, 0.15) is 18.0 Å². The van der Waals surface area contributed by atoms with E-state index in [0.29, 0.717) is 5.06 Å². The van der Waals surface area contributed by atoms with E-state index >= 15 is 0 Å². The first-order chi connectivity index (χ1) is 8.40. The maximum atomic E-state index is 12.7. The van der Waals surface area contributed by atoms with Crippen LogP contribution in [0.1, 0.15) is 41.5 Å². The van der Waals surface area contributed by atoms with E-state index in [1.54, 1.807) is 53.8 Å². The van der Waals surface area contributed by atoms with Crippen LogP contribution in [0, 0.1) is 35.7 Å². The van der Waals surface area contributed by atoms with E-state index in [1.807, 2.05) is 0 Å². The van der Waals surface area contributed by atoms with Crippen LogP contribution in [0.3, 0.4) is 0 Å². The number of hydroxylamine groups is 2. The molecule has 0 heterocycles. The third-order valence-electron chi connectivity index (χ3n) is 2.32. The molecular weight excluding hydrogens is 265 g/mol. The minimum Gasteiger partial charge on any atom is -0.784 e. The normalized spacial score (nSPS) is 14.4. The van der Waals surface area contributed by atoms with E-state index in [1.165, 1.54) is 0 Å². The fourth-order valence-corrected chi connectivity index (χ4v) is 3.67. The molecule has 0 N–H and O–H groups in total. The first kappa shape index (κ1) is 17.9. The summed E-state index contributed by atoms with van der Waals surface area (Å²) in [7, 11) is -3.96. The molecule has 1 unspecified atom stereocenters. The van der Waals surface area contributed by atoms with E-state index < -0.39 is 24.3 Å². The molecule has 0 aliphatic carbocycles. The van der Waals surface area contributed by atoms with Crippen molar-refractivity contribution in [2.45, 2.75) is 52.9 Å². The SMILES string of the molecule is C#COP(=O)(OC#C)C(N([O-])C(C)(C)C)C(C)(C)C. The quantitative estimate of drug-likeness (QED) is 0.450. The van der Waals surface area contributed by atoms with Gasteiger partial charge in [-0.05, 0) is 26.2 Å². The lowest BCUT2D eigenvalue weighted by atomic mass is 9.94. The Kier molecular flexibility index (Phi) is 5.53. The smallest absolute Gasteiger partial charge is 0.463 e. The maximum Gasteiger partial charge on any atom is 0.463 e. The van der Waals surface area contributed by atoms with Crippen LogP contribution in [0.25, 0.3) is 0 Å². The standard InChI is InChI=1S/C13H21NO4P/c1-9-17-19(16,18-10-2)11(12(3,4)5)14(15)13(6,7)8/h1-2,11H,3-8H3/q-1. The van der Waals surface area contributed by atoms with Gasteiger partial charge in [0.05, 0.1) is 0 Å². The zero-order valence-electron chi connectivity index (χ0n) is 12.3. The lowest BCUT2D eigenvalue weighted by Crippen LogP contribution is -2.49. The van der Waals surface area contributed by atoms with Crippen LogP contribution in [0.15, 0.2) is 0 Å². The Hall–Kier alpha value is -1.13. The number of rotatable bonds is 4. The van der Waals surface area contributed by atoms with E-state index in [9.17, 15) is 9.77 Å². The summed E-state index contributed by atoms with van der Waals surface area (Å²) < 4.78 is 22.2. The lowest BCUT2D eigenvalue weighted by molar-refractivity contribution is 0.0990. The van der Waals surface area contributed by atoms with Gasteiger partial charge in [0, 0.05) is 5.54 Å². The third-order valence-corrected chi connectivity index (χ3v) is 4.62. The van der Waals surface area contributed by atoms with Crippen molar-refractivity contribution in [3.63, 3.8) is 0 Å². The van der Waals surface area contributed by atoms with Crippen LogP contribution >= 0.6 is 7.60 Å². The molecule has 0 aliphatic rings. The molecule has 0 radical (unpaired) electrons. The second-order valence-electron chi connectivity index (χ2n) is 6.19. The Morgan fingerprint density at radius 3 is 1.68 bits per heavy atom. The molecule has 0 fully saturated rings. The van der Waals surface area contributed by atoms with Crippen molar-refractivity contribution in [2.24, 2.45) is 5.41 Å². The van der Waals surface area contributed by atoms with Crippen molar-refractivity contribution in [3.05, 3.63) is 5.21 Å². The average Bonchev–Trinajstić information content (AvgIpc) is 2.13. The highest BCUT2D eigenvalue weighted by molar-refractivity contribution is 7.54. The first-order valence-corrected chi connectivity index (χ1v) is 7.36. The van der Waals surface area contributed by atoms with Gasteiger partial charge < -0.3 is 19.3 Å². The fourth-order valence-electron chi connectivity index (χ4n) is 1.59. The van der Waals surface area contributed by atoms with Gasteiger partial charge >= 0.3 is 7.60 Å². The molecule has 0 amide bonds. The average molecular weight is 286 g/mol. The lowest BCUT2D eigenvalue weighted by Gasteiger charge is -2.51. The molecular formula is C13H21NO4P-. The number of hydrogen-bond acceptors (Lipinski definition) is 5. The summed E-state index contributed by atoms with van der Waals surface area (Å²) in [5.74, 6) is -1.12. The van der Waals surface area contributed by atoms with Crippen LogP contribution in [-0.4, -0.2) is 16.4 Å². The van der Waals surface area contributed by atoms with Crippen LogP contribution in [0.2, 0.25) is 0 Å². The van der Waals surface area contributed by atoms with Gasteiger partial charge in [-0.3, -0.25) is 0 Å². The zero-order chi connectivity index (χ0) is 15.5. The zero-order valence-corrected chi connectivity index (χ0v) is 13.2. The molecule has 5 nitrogen and oxygen atoms in total. The van der Waals surface area contributed by atoms with Gasteiger partial charge in [-0.1, -0.05) is 33.6 Å². The summed E-state index contributed by atoms with van der Waals surface area (Å²) in [6.07, 6.45) is 13.6. The highest BCUT2D eigenvalue weighted by Crippen LogP contribution is 2.60. The molecule has 0 saturated heterocycles. The molecule has 0 bridgehead atoms. The van der Waals surface area contributed by atoms with Crippen LogP contribution in [-0.2, 0) is 13.6 Å². The van der Waals surface area contributed by atoms with Gasteiger partial charge in [-0.15, -0.1) is 0 Å². The van der Waals surface area contributed by atoms with E-state index in [-0.39, 0.29) is 0 Å². The van der Waals surface area contributed by atoms with Gasteiger partial charge in [-0.25, -0.2) is 4.57 Å². The summed E-state index contributed by atoms with van der Waals surface area (Å²) >= 11 is 0. The molecule has 0 spiro atoms. The summed E-state index contributed by atoms with van der Waals surface area (Å²) in [6.45, 7) is 10.3. The molecule has 0 rings (SSSR count). The topological polar surface area (TPSA) is 61.8 Å². The van der Waals surface area contributed by atoms with E-state index in [0.717, 1.165) is 0 Å². The molecule has 0 saturated carbocycles. The second kappa shape index (κ2) is 5.88. The highest BCUT2D eigenvalue weighted by atomic mass is 31.2. The molecule has 0 aromatic carbocycles. The number of terminal acetylenes is 2. The Balaban J connectivity index is 5.81. The predicted molar refractivity (Wildman–Crippen MR) is 75.6 cm³/mol. The molecule has 19 heavy (non-hydrogen) atoms. The Morgan fingerprint density at radius 1 is 1.11 bits per heavy atom. The van der Waals surface area contributed by atoms with Gasteiger partial charge in [-0.2, -0.15) is 0 Å². The Labute approximate surface area is 115 Å². The van der Waals surface area contributed by atoms with Crippen molar-refractivity contribution in [2.75, 3.05) is 0 Å². The van der Waals surface area contributed by atoms with Crippen LogP contribution in [0.5, 0.6) is 0 Å². The highest BCUT2D eigenvalue weighted by Gasteiger charge is 2.49. The molecule has 1 atom stereocenters. The predicted octanol–water partition coefficient (Wildman–Crippen LogP) is 3.36. The fraction of sp³-hybridized carbons (Fsp3) is 0.692. The van der Waals surface area contributed by atoms with E-state index in [4.69, 9.17) is 21.9 Å². The second-order valence-corrected chi connectivity index (χ2v) is 8.13. The minimum atomic E-state index is -3.96. The maximum absolute atomic E-state index is 12.7. The van der Waals surface area contributed by atoms with Crippen molar-refractivity contribution in [1.29, 1.82) is 0 Å². The van der Waals surface area contributed by atoms with E-state index in [2.05, 4.69) is 0 Å². The largest absolute Gasteiger partial charge is 0.784 e. The van der Waals surface area contributed by atoms with Gasteiger partial charge in [0.2, 0.25) is 0 Å². The molecule has 0 aliphatic heterocycles. The monoisotopic (exact) mass is 286 g/mol. The van der Waals surface area contributed by atoms with Crippen molar-refractivity contribution in [1.82, 2.24) is 5.06 Å². The summed E-state index contributed by atoms with van der Waals surface area (Å²) in [6, 6.07) is 0. The van der Waals surface area contributed by atoms with Crippen molar-refractivity contribution < 1.29 is 13.6 Å². The van der Waals surface area contributed by atoms with Crippen molar-refractivity contribution >= 4 is 7.60 Å². The summed E-state index contributed by atoms with van der Waals surface area (Å²) in [5, 5.41) is 13.1. The molecule has 0 aromatic rings. The molecule has 6 heteroatoms. The van der Waals surface area contributed by atoms with Gasteiger partial charge in [0.15, 0.2) is 0 Å². The minimum absolute atomic E-state index is 0.669. The Bertz CT molecular complexity index is 414. The number of nitrogens with zero attached hydrogens (tertiary/aromatic N) is 1. The summed E-state index contributed by atoms with van der Waals surface area (Å²) in [4.78, 5) is 0. The molecule has 0 aromatic heterocycles. The van der Waals surface area contributed by atoms with Crippen LogP contribution < -0.4 is 0 Å². The van der Waals surface area contributed by atoms with Gasteiger partial charge in [0.25, 0.3) is 0 Å². The van der Waals surface area contributed by atoms with Crippen LogP contribution in [0.4, 0.5) is 0 Å². The van der Waals surface area contributed by atoms with Crippen molar-refractivity contribution in [3.8, 4) is 25.1 Å².